The average Bonchev–Trinajstić information content (AvgIpc) is 2.81. The summed E-state index contributed by atoms with van der Waals surface area (Å²) < 4.78 is 1.84. The minimum Gasteiger partial charge on any atom is -0.481 e. The molecule has 1 aromatic heterocycles. The summed E-state index contributed by atoms with van der Waals surface area (Å²) in [5.74, 6) is -0.253. The molecule has 2 rings (SSSR count). The first-order valence-electron chi connectivity index (χ1n) is 5.62. The number of aromatic nitrogens is 3. The number of rotatable bonds is 5. The van der Waals surface area contributed by atoms with E-state index in [0.29, 0.717) is 11.1 Å². The van der Waals surface area contributed by atoms with Crippen LogP contribution in [0.25, 0.3) is 5.69 Å². The normalized spacial score (nSPS) is 10.4. The number of carbonyl (C=O) groups is 1. The average molecular weight is 278 g/mol. The molecule has 7 heteroatoms. The molecular formula is C12H14N4O2S. The largest absolute Gasteiger partial charge is 0.481 e. The first-order chi connectivity index (χ1) is 9.09. The number of thioether (sulfide) groups is 1. The molecule has 0 aliphatic carbocycles. The third-order valence-corrected chi connectivity index (χ3v) is 3.27. The molecule has 0 spiro atoms. The highest BCUT2D eigenvalue weighted by atomic mass is 32.2. The molecule has 19 heavy (non-hydrogen) atoms. The Labute approximate surface area is 115 Å². The molecule has 0 saturated carbocycles. The Balaban J connectivity index is 2.42. The van der Waals surface area contributed by atoms with E-state index in [9.17, 15) is 4.79 Å². The molecule has 0 aliphatic rings. The van der Waals surface area contributed by atoms with Gasteiger partial charge in [-0.25, -0.2) is 0 Å². The molecule has 1 aromatic carbocycles. The maximum Gasteiger partial charge on any atom is 0.313 e. The van der Waals surface area contributed by atoms with E-state index in [1.165, 1.54) is 0 Å². The summed E-state index contributed by atoms with van der Waals surface area (Å²) in [5, 5.41) is 17.5. The number of aliphatic carboxylic acids is 1. The van der Waals surface area contributed by atoms with Gasteiger partial charge in [-0.3, -0.25) is 9.36 Å². The Bertz CT molecular complexity index is 568. The fourth-order valence-corrected chi connectivity index (χ4v) is 2.24. The Morgan fingerprint density at radius 3 is 2.58 bits per heavy atom. The number of carboxylic acids is 1. The molecule has 1 N–H and O–H groups in total. The summed E-state index contributed by atoms with van der Waals surface area (Å²) in [4.78, 5) is 12.5. The van der Waals surface area contributed by atoms with Gasteiger partial charge in [0.1, 0.15) is 0 Å². The highest BCUT2D eigenvalue weighted by molar-refractivity contribution is 7.99. The van der Waals surface area contributed by atoms with Crippen LogP contribution in [-0.4, -0.2) is 45.7 Å². The van der Waals surface area contributed by atoms with Crippen molar-refractivity contribution >= 4 is 23.7 Å². The van der Waals surface area contributed by atoms with E-state index in [1.54, 1.807) is 0 Å². The number of nitrogens with zero attached hydrogens (tertiary/aromatic N) is 4. The van der Waals surface area contributed by atoms with Gasteiger partial charge in [-0.1, -0.05) is 30.0 Å². The summed E-state index contributed by atoms with van der Waals surface area (Å²) in [6.07, 6.45) is 0. The first kappa shape index (κ1) is 13.4. The molecule has 6 nitrogen and oxygen atoms in total. The van der Waals surface area contributed by atoms with E-state index < -0.39 is 5.97 Å². The van der Waals surface area contributed by atoms with Crippen molar-refractivity contribution < 1.29 is 9.90 Å². The lowest BCUT2D eigenvalue weighted by molar-refractivity contribution is -0.133. The van der Waals surface area contributed by atoms with E-state index in [1.807, 2.05) is 53.9 Å². The smallest absolute Gasteiger partial charge is 0.313 e. The van der Waals surface area contributed by atoms with Crippen molar-refractivity contribution in [3.05, 3.63) is 30.3 Å². The van der Waals surface area contributed by atoms with Crippen LogP contribution in [0.15, 0.2) is 35.5 Å². The highest BCUT2D eigenvalue weighted by Crippen LogP contribution is 2.25. The molecule has 0 radical (unpaired) electrons. The SMILES string of the molecule is CN(C)c1nnc(SCC(=O)O)n1-c1ccccc1. The Kier molecular flexibility index (Phi) is 4.06. The highest BCUT2D eigenvalue weighted by Gasteiger charge is 2.16. The monoisotopic (exact) mass is 278 g/mol. The van der Waals surface area contributed by atoms with Crippen molar-refractivity contribution in [1.29, 1.82) is 0 Å². The van der Waals surface area contributed by atoms with Crippen LogP contribution in [0, 0.1) is 0 Å². The lowest BCUT2D eigenvalue weighted by Crippen LogP contribution is -2.15. The number of para-hydroxylation sites is 1. The fourth-order valence-electron chi connectivity index (χ4n) is 1.57. The van der Waals surface area contributed by atoms with E-state index in [4.69, 9.17) is 5.11 Å². The van der Waals surface area contributed by atoms with Crippen LogP contribution >= 0.6 is 11.8 Å². The Morgan fingerprint density at radius 1 is 1.32 bits per heavy atom. The maximum absolute atomic E-state index is 10.7. The third kappa shape index (κ3) is 3.05. The van der Waals surface area contributed by atoms with E-state index in [2.05, 4.69) is 10.2 Å². The van der Waals surface area contributed by atoms with Crippen LogP contribution in [0.1, 0.15) is 0 Å². The molecule has 0 fully saturated rings. The standard InChI is InChI=1S/C12H14N4O2S/c1-15(2)11-13-14-12(19-8-10(17)18)16(11)9-6-4-3-5-7-9/h3-7H,8H2,1-2H3,(H,17,18). The zero-order chi connectivity index (χ0) is 13.8. The van der Waals surface area contributed by atoms with Crippen LogP contribution in [0.3, 0.4) is 0 Å². The van der Waals surface area contributed by atoms with Crippen LogP contribution in [0.5, 0.6) is 0 Å². The molecule has 0 unspecified atom stereocenters. The van der Waals surface area contributed by atoms with Gasteiger partial charge in [0.25, 0.3) is 0 Å². The number of hydrogen-bond donors (Lipinski definition) is 1. The van der Waals surface area contributed by atoms with Gasteiger partial charge in [-0.2, -0.15) is 0 Å². The van der Waals surface area contributed by atoms with Gasteiger partial charge in [-0.15, -0.1) is 10.2 Å². The van der Waals surface area contributed by atoms with E-state index in [0.717, 1.165) is 17.4 Å². The minimum atomic E-state index is -0.876. The van der Waals surface area contributed by atoms with Crippen molar-refractivity contribution in [2.75, 3.05) is 24.7 Å². The predicted molar refractivity (Wildman–Crippen MR) is 74.0 cm³/mol. The number of carboxylic acid groups (broad SMARTS) is 1. The molecule has 100 valence electrons. The number of benzene rings is 1. The summed E-state index contributed by atoms with van der Waals surface area (Å²) in [6.45, 7) is 0. The second-order valence-corrected chi connectivity index (χ2v) is 4.97. The second kappa shape index (κ2) is 5.75. The molecule has 0 saturated heterocycles. The van der Waals surface area contributed by atoms with E-state index >= 15 is 0 Å². The molecule has 0 aliphatic heterocycles. The first-order valence-corrected chi connectivity index (χ1v) is 6.61. The van der Waals surface area contributed by atoms with Gasteiger partial charge < -0.3 is 10.0 Å². The second-order valence-electron chi connectivity index (χ2n) is 4.03. The molecule has 2 aromatic rings. The molecule has 0 bridgehead atoms. The Morgan fingerprint density at radius 2 is 2.00 bits per heavy atom. The van der Waals surface area contributed by atoms with Gasteiger partial charge >= 0.3 is 5.97 Å². The van der Waals surface area contributed by atoms with Crippen molar-refractivity contribution in [1.82, 2.24) is 14.8 Å². The van der Waals surface area contributed by atoms with Crippen molar-refractivity contribution in [2.45, 2.75) is 5.16 Å². The van der Waals surface area contributed by atoms with Gasteiger partial charge in [0.15, 0.2) is 5.16 Å². The zero-order valence-corrected chi connectivity index (χ0v) is 11.5. The molecule has 0 atom stereocenters. The van der Waals surface area contributed by atoms with Gasteiger partial charge in [0.2, 0.25) is 5.95 Å². The van der Waals surface area contributed by atoms with Gasteiger partial charge in [0, 0.05) is 14.1 Å². The van der Waals surface area contributed by atoms with Crippen molar-refractivity contribution in [3.63, 3.8) is 0 Å². The zero-order valence-electron chi connectivity index (χ0n) is 10.6. The van der Waals surface area contributed by atoms with Crippen LogP contribution in [0.4, 0.5) is 5.95 Å². The van der Waals surface area contributed by atoms with Crippen molar-refractivity contribution in [2.24, 2.45) is 0 Å². The number of hydrogen-bond acceptors (Lipinski definition) is 5. The van der Waals surface area contributed by atoms with Gasteiger partial charge in [-0.05, 0) is 12.1 Å². The molecular weight excluding hydrogens is 264 g/mol. The minimum absolute atomic E-state index is 0.0433. The van der Waals surface area contributed by atoms with Crippen LogP contribution < -0.4 is 4.90 Å². The lowest BCUT2D eigenvalue weighted by Gasteiger charge is -2.14. The van der Waals surface area contributed by atoms with Gasteiger partial charge in [0.05, 0.1) is 11.4 Å². The quantitative estimate of drug-likeness (QED) is 0.836. The maximum atomic E-state index is 10.7. The topological polar surface area (TPSA) is 71.2 Å². The van der Waals surface area contributed by atoms with Crippen molar-refractivity contribution in [3.8, 4) is 5.69 Å². The predicted octanol–water partition coefficient (Wildman–Crippen LogP) is 1.51. The summed E-state index contributed by atoms with van der Waals surface area (Å²) in [7, 11) is 3.74. The van der Waals surface area contributed by atoms with E-state index in [-0.39, 0.29) is 5.75 Å². The Hall–Kier alpha value is -2.02. The van der Waals surface area contributed by atoms with Crippen LogP contribution in [-0.2, 0) is 4.79 Å². The fraction of sp³-hybridized carbons (Fsp3) is 0.250. The lowest BCUT2D eigenvalue weighted by atomic mass is 10.3. The summed E-state index contributed by atoms with van der Waals surface area (Å²) in [5.41, 5.74) is 0.907. The summed E-state index contributed by atoms with van der Waals surface area (Å²) >= 11 is 1.15. The summed E-state index contributed by atoms with van der Waals surface area (Å²) in [6, 6.07) is 9.62. The third-order valence-electron chi connectivity index (χ3n) is 2.36. The molecule has 0 amide bonds. The molecule has 1 heterocycles. The number of anilines is 1. The van der Waals surface area contributed by atoms with Crippen LogP contribution in [0.2, 0.25) is 0 Å².